The van der Waals surface area contributed by atoms with E-state index in [9.17, 15) is 9.90 Å². The number of nitrogens with zero attached hydrogens (tertiary/aromatic N) is 3. The van der Waals surface area contributed by atoms with Crippen LogP contribution >= 0.6 is 0 Å². The molecule has 1 aromatic carbocycles. The number of amides is 1. The van der Waals surface area contributed by atoms with Crippen LogP contribution in [0.4, 0.5) is 0 Å². The maximum Gasteiger partial charge on any atom is 0.292 e. The fraction of sp³-hybridized carbons (Fsp3) is 0.278. The SMILES string of the molecule is COc1cccc(-c2cc(C(=O)N3CCc4c(CO)n[nH]c4C3)on2)c1. The average molecular weight is 354 g/mol. The van der Waals surface area contributed by atoms with Crippen molar-refractivity contribution in [3.05, 3.63) is 53.0 Å². The molecule has 0 saturated carbocycles. The first-order chi connectivity index (χ1) is 12.7. The second-order valence-electron chi connectivity index (χ2n) is 6.07. The third kappa shape index (κ3) is 2.84. The molecule has 0 spiro atoms. The molecule has 1 aliphatic rings. The van der Waals surface area contributed by atoms with E-state index in [2.05, 4.69) is 15.4 Å². The van der Waals surface area contributed by atoms with Crippen molar-refractivity contribution >= 4 is 5.91 Å². The normalized spacial score (nSPS) is 13.5. The summed E-state index contributed by atoms with van der Waals surface area (Å²) in [6, 6.07) is 9.04. The summed E-state index contributed by atoms with van der Waals surface area (Å²) in [5.41, 5.74) is 3.88. The van der Waals surface area contributed by atoms with E-state index in [1.807, 2.05) is 24.3 Å². The minimum atomic E-state index is -0.225. The summed E-state index contributed by atoms with van der Waals surface area (Å²) < 4.78 is 10.5. The molecule has 3 heterocycles. The highest BCUT2D eigenvalue weighted by Crippen LogP contribution is 2.25. The number of aliphatic hydroxyl groups excluding tert-OH is 1. The third-order valence-electron chi connectivity index (χ3n) is 4.54. The molecule has 0 atom stereocenters. The van der Waals surface area contributed by atoms with Gasteiger partial charge in [-0.3, -0.25) is 9.89 Å². The van der Waals surface area contributed by atoms with Crippen LogP contribution in [-0.4, -0.2) is 44.9 Å². The van der Waals surface area contributed by atoms with Gasteiger partial charge < -0.3 is 19.3 Å². The Labute approximate surface area is 149 Å². The molecule has 1 aliphatic heterocycles. The first-order valence-electron chi connectivity index (χ1n) is 8.26. The maximum atomic E-state index is 12.7. The van der Waals surface area contributed by atoms with Crippen molar-refractivity contribution < 1.29 is 19.2 Å². The first-order valence-corrected chi connectivity index (χ1v) is 8.26. The Balaban J connectivity index is 1.53. The molecular formula is C18H18N4O4. The largest absolute Gasteiger partial charge is 0.497 e. The van der Waals surface area contributed by atoms with Gasteiger partial charge in [0.25, 0.3) is 5.91 Å². The van der Waals surface area contributed by atoms with Gasteiger partial charge in [0.15, 0.2) is 0 Å². The Hall–Kier alpha value is -3.13. The molecule has 8 nitrogen and oxygen atoms in total. The molecule has 0 aliphatic carbocycles. The number of H-pyrrole nitrogens is 1. The summed E-state index contributed by atoms with van der Waals surface area (Å²) in [5.74, 6) is 0.673. The molecule has 2 N–H and O–H groups in total. The number of aromatic amines is 1. The Morgan fingerprint density at radius 1 is 1.42 bits per heavy atom. The highest BCUT2D eigenvalue weighted by molar-refractivity contribution is 5.92. The number of benzene rings is 1. The number of carbonyl (C=O) groups is 1. The molecule has 3 aromatic rings. The van der Waals surface area contributed by atoms with Crippen LogP contribution in [0.1, 0.15) is 27.5 Å². The van der Waals surface area contributed by atoms with E-state index in [4.69, 9.17) is 9.26 Å². The van der Waals surface area contributed by atoms with Gasteiger partial charge in [-0.25, -0.2) is 0 Å². The van der Waals surface area contributed by atoms with Crippen LogP contribution in [0.3, 0.4) is 0 Å². The molecule has 0 fully saturated rings. The number of aromatic nitrogens is 3. The van der Waals surface area contributed by atoms with E-state index in [0.717, 1.165) is 16.8 Å². The third-order valence-corrected chi connectivity index (χ3v) is 4.54. The van der Waals surface area contributed by atoms with E-state index in [1.165, 1.54) is 0 Å². The number of hydrogen-bond acceptors (Lipinski definition) is 6. The monoisotopic (exact) mass is 354 g/mol. The summed E-state index contributed by atoms with van der Waals surface area (Å²) in [7, 11) is 1.60. The van der Waals surface area contributed by atoms with Gasteiger partial charge in [-0.2, -0.15) is 5.10 Å². The van der Waals surface area contributed by atoms with E-state index in [-0.39, 0.29) is 18.3 Å². The van der Waals surface area contributed by atoms with Gasteiger partial charge in [0.1, 0.15) is 11.4 Å². The quantitative estimate of drug-likeness (QED) is 0.740. The lowest BCUT2D eigenvalue weighted by molar-refractivity contribution is 0.0690. The predicted molar refractivity (Wildman–Crippen MR) is 91.4 cm³/mol. The van der Waals surface area contributed by atoms with Crippen molar-refractivity contribution in [2.24, 2.45) is 0 Å². The fourth-order valence-electron chi connectivity index (χ4n) is 3.14. The zero-order valence-electron chi connectivity index (χ0n) is 14.2. The lowest BCUT2D eigenvalue weighted by Gasteiger charge is -2.25. The van der Waals surface area contributed by atoms with Gasteiger partial charge in [0.05, 0.1) is 31.6 Å². The fourth-order valence-corrected chi connectivity index (χ4v) is 3.14. The molecule has 26 heavy (non-hydrogen) atoms. The average Bonchev–Trinajstić information content (AvgIpc) is 3.34. The Bertz CT molecular complexity index is 946. The van der Waals surface area contributed by atoms with Crippen LogP contribution in [0.5, 0.6) is 5.75 Å². The van der Waals surface area contributed by atoms with Crippen molar-refractivity contribution in [1.82, 2.24) is 20.3 Å². The first kappa shape index (κ1) is 16.3. The Kier molecular flexibility index (Phi) is 4.18. The lowest BCUT2D eigenvalue weighted by Crippen LogP contribution is -2.35. The van der Waals surface area contributed by atoms with Gasteiger partial charge in [-0.1, -0.05) is 17.3 Å². The standard InChI is InChI=1S/C18H18N4O4/c1-25-12-4-2-3-11(7-12)14-8-17(26-21-14)18(24)22-6-5-13-15(9-22)19-20-16(13)10-23/h2-4,7-8,23H,5-6,9-10H2,1H3,(H,19,20). The number of aliphatic hydroxyl groups is 1. The molecule has 4 rings (SSSR count). The van der Waals surface area contributed by atoms with Gasteiger partial charge in [-0.05, 0) is 18.6 Å². The molecule has 0 radical (unpaired) electrons. The zero-order valence-corrected chi connectivity index (χ0v) is 14.2. The molecule has 0 bridgehead atoms. The number of rotatable bonds is 4. The van der Waals surface area contributed by atoms with Crippen molar-refractivity contribution in [1.29, 1.82) is 0 Å². The summed E-state index contributed by atoms with van der Waals surface area (Å²) in [6.45, 7) is 0.829. The summed E-state index contributed by atoms with van der Waals surface area (Å²) in [6.07, 6.45) is 0.643. The molecule has 0 unspecified atom stereocenters. The van der Waals surface area contributed by atoms with Crippen LogP contribution in [-0.2, 0) is 19.6 Å². The van der Waals surface area contributed by atoms with E-state index in [0.29, 0.717) is 36.6 Å². The number of hydrogen-bond donors (Lipinski definition) is 2. The number of carbonyl (C=O) groups excluding carboxylic acids is 1. The number of methoxy groups -OCH3 is 1. The van der Waals surface area contributed by atoms with Crippen LogP contribution in [0.25, 0.3) is 11.3 Å². The predicted octanol–water partition coefficient (Wildman–Crippen LogP) is 1.76. The van der Waals surface area contributed by atoms with E-state index < -0.39 is 0 Å². The van der Waals surface area contributed by atoms with E-state index in [1.54, 1.807) is 18.1 Å². The zero-order chi connectivity index (χ0) is 18.1. The summed E-state index contributed by atoms with van der Waals surface area (Å²) in [4.78, 5) is 14.4. The topological polar surface area (TPSA) is 104 Å². The summed E-state index contributed by atoms with van der Waals surface area (Å²) in [5, 5.41) is 20.3. The van der Waals surface area contributed by atoms with Gasteiger partial charge in [0.2, 0.25) is 5.76 Å². The van der Waals surface area contributed by atoms with Crippen LogP contribution in [0.2, 0.25) is 0 Å². The van der Waals surface area contributed by atoms with Crippen molar-refractivity contribution in [3.8, 4) is 17.0 Å². The Morgan fingerprint density at radius 2 is 2.31 bits per heavy atom. The van der Waals surface area contributed by atoms with Gasteiger partial charge >= 0.3 is 0 Å². The van der Waals surface area contributed by atoms with Crippen LogP contribution in [0, 0.1) is 0 Å². The molecule has 0 saturated heterocycles. The van der Waals surface area contributed by atoms with Gasteiger partial charge in [0, 0.05) is 23.7 Å². The Morgan fingerprint density at radius 3 is 3.12 bits per heavy atom. The smallest absolute Gasteiger partial charge is 0.292 e. The second-order valence-corrected chi connectivity index (χ2v) is 6.07. The molecule has 1 amide bonds. The number of fused-ring (bicyclic) bond motifs is 1. The van der Waals surface area contributed by atoms with Crippen molar-refractivity contribution in [2.45, 2.75) is 19.6 Å². The van der Waals surface area contributed by atoms with Crippen molar-refractivity contribution in [2.75, 3.05) is 13.7 Å². The minimum absolute atomic E-state index is 0.105. The van der Waals surface area contributed by atoms with E-state index >= 15 is 0 Å². The summed E-state index contributed by atoms with van der Waals surface area (Å²) >= 11 is 0. The highest BCUT2D eigenvalue weighted by Gasteiger charge is 2.27. The minimum Gasteiger partial charge on any atom is -0.497 e. The van der Waals surface area contributed by atoms with Crippen LogP contribution in [0.15, 0.2) is 34.9 Å². The number of ether oxygens (including phenoxy) is 1. The number of nitrogens with one attached hydrogen (secondary N) is 1. The van der Waals surface area contributed by atoms with Crippen molar-refractivity contribution in [3.63, 3.8) is 0 Å². The molecular weight excluding hydrogens is 336 g/mol. The highest BCUT2D eigenvalue weighted by atomic mass is 16.5. The molecule has 134 valence electrons. The maximum absolute atomic E-state index is 12.7. The van der Waals surface area contributed by atoms with Crippen LogP contribution < -0.4 is 4.74 Å². The molecule has 2 aromatic heterocycles. The second kappa shape index (κ2) is 6.64. The van der Waals surface area contributed by atoms with Gasteiger partial charge in [-0.15, -0.1) is 0 Å². The molecule has 8 heteroatoms. The lowest BCUT2D eigenvalue weighted by atomic mass is 10.0.